The van der Waals surface area contributed by atoms with Gasteiger partial charge in [0.15, 0.2) is 0 Å². The summed E-state index contributed by atoms with van der Waals surface area (Å²) in [6.45, 7) is 12.8. The summed E-state index contributed by atoms with van der Waals surface area (Å²) in [7, 11) is 0. The van der Waals surface area contributed by atoms with Crippen molar-refractivity contribution in [3.05, 3.63) is 11.6 Å². The second kappa shape index (κ2) is 8.81. The van der Waals surface area contributed by atoms with Crippen molar-refractivity contribution < 1.29 is 0 Å². The smallest absolute Gasteiger partial charge is 0.00435 e. The second-order valence-corrected chi connectivity index (χ2v) is 4.50. The van der Waals surface area contributed by atoms with Crippen LogP contribution in [-0.2, 0) is 0 Å². The van der Waals surface area contributed by atoms with Crippen molar-refractivity contribution in [1.82, 2.24) is 5.32 Å². The van der Waals surface area contributed by atoms with Gasteiger partial charge >= 0.3 is 0 Å². The molecule has 1 N–H and O–H groups in total. The molecule has 2 aliphatic rings. The van der Waals surface area contributed by atoms with Crippen molar-refractivity contribution in [2.24, 2.45) is 5.41 Å². The van der Waals surface area contributed by atoms with Crippen molar-refractivity contribution in [1.29, 1.82) is 0 Å². The van der Waals surface area contributed by atoms with Crippen LogP contribution in [0.5, 0.6) is 0 Å². The molecule has 0 saturated carbocycles. The zero-order valence-corrected chi connectivity index (χ0v) is 12.0. The topological polar surface area (TPSA) is 12.0 Å². The lowest BCUT2D eigenvalue weighted by Gasteiger charge is -2.39. The van der Waals surface area contributed by atoms with Gasteiger partial charge in [-0.2, -0.15) is 0 Å². The molecule has 0 aromatic rings. The third-order valence-corrected chi connectivity index (χ3v) is 3.60. The molecule has 1 saturated heterocycles. The van der Waals surface area contributed by atoms with Gasteiger partial charge in [-0.15, -0.1) is 0 Å². The maximum absolute atomic E-state index is 3.45. The molecule has 0 atom stereocenters. The van der Waals surface area contributed by atoms with E-state index in [1.54, 1.807) is 5.57 Å². The lowest BCUT2D eigenvalue weighted by atomic mass is 9.69. The molecule has 1 aliphatic carbocycles. The Labute approximate surface area is 103 Å². The van der Waals surface area contributed by atoms with Crippen molar-refractivity contribution in [3.8, 4) is 0 Å². The van der Waals surface area contributed by atoms with E-state index in [1.807, 2.05) is 27.7 Å². The molecular weight excluding hydrogens is 194 g/mol. The number of rotatable bonds is 0. The van der Waals surface area contributed by atoms with Crippen molar-refractivity contribution in [2.75, 3.05) is 13.1 Å². The van der Waals surface area contributed by atoms with Gasteiger partial charge < -0.3 is 5.32 Å². The summed E-state index contributed by atoms with van der Waals surface area (Å²) >= 11 is 0. The molecule has 1 fully saturated rings. The van der Waals surface area contributed by atoms with Gasteiger partial charge in [0.25, 0.3) is 0 Å². The molecule has 1 heterocycles. The van der Waals surface area contributed by atoms with Gasteiger partial charge in [-0.05, 0) is 57.5 Å². The van der Waals surface area contributed by atoms with Crippen LogP contribution in [0.15, 0.2) is 11.6 Å². The van der Waals surface area contributed by atoms with E-state index in [0.717, 1.165) is 0 Å². The lowest BCUT2D eigenvalue weighted by molar-refractivity contribution is 0.179. The summed E-state index contributed by atoms with van der Waals surface area (Å²) in [6.07, 6.45) is 9.40. The monoisotopic (exact) mass is 225 g/mol. The Balaban J connectivity index is 0.000000509. The molecule has 0 aromatic carbocycles. The van der Waals surface area contributed by atoms with Crippen molar-refractivity contribution in [2.45, 2.75) is 66.7 Å². The summed E-state index contributed by atoms with van der Waals surface area (Å²) in [4.78, 5) is 0. The molecule has 0 amide bonds. The number of hydrogen-bond acceptors (Lipinski definition) is 1. The minimum atomic E-state index is 0.699. The number of hydrogen-bond donors (Lipinski definition) is 1. The predicted octanol–water partition coefficient (Wildman–Crippen LogP) is 4.54. The molecule has 1 nitrogen and oxygen atoms in total. The van der Waals surface area contributed by atoms with Gasteiger partial charge in [-0.25, -0.2) is 0 Å². The normalized spacial score (nSPS) is 22.2. The molecule has 1 spiro atoms. The molecule has 0 aromatic heterocycles. The number of nitrogens with one attached hydrogen (secondary N) is 1. The predicted molar refractivity (Wildman–Crippen MR) is 74.8 cm³/mol. The van der Waals surface area contributed by atoms with Crippen LogP contribution in [-0.4, -0.2) is 13.1 Å². The van der Waals surface area contributed by atoms with Gasteiger partial charge in [0.05, 0.1) is 0 Å². The van der Waals surface area contributed by atoms with Crippen LogP contribution in [0.4, 0.5) is 0 Å². The summed E-state index contributed by atoms with van der Waals surface area (Å²) in [5, 5.41) is 3.45. The summed E-state index contributed by atoms with van der Waals surface area (Å²) in [6, 6.07) is 0. The fraction of sp³-hybridized carbons (Fsp3) is 0.867. The quantitative estimate of drug-likeness (QED) is 0.597. The van der Waals surface area contributed by atoms with E-state index < -0.39 is 0 Å². The van der Waals surface area contributed by atoms with Crippen LogP contribution in [0.1, 0.15) is 66.7 Å². The Hall–Kier alpha value is -0.300. The van der Waals surface area contributed by atoms with Crippen LogP contribution < -0.4 is 5.32 Å². The molecular formula is C15H31N. The van der Waals surface area contributed by atoms with Crippen molar-refractivity contribution in [3.63, 3.8) is 0 Å². The first-order valence-corrected chi connectivity index (χ1v) is 7.17. The average molecular weight is 225 g/mol. The van der Waals surface area contributed by atoms with Gasteiger partial charge in [-0.1, -0.05) is 39.3 Å². The van der Waals surface area contributed by atoms with E-state index in [0.29, 0.717) is 5.41 Å². The second-order valence-electron chi connectivity index (χ2n) is 4.50. The summed E-state index contributed by atoms with van der Waals surface area (Å²) in [5.74, 6) is 0. The van der Waals surface area contributed by atoms with Gasteiger partial charge in [0.1, 0.15) is 0 Å². The third-order valence-electron chi connectivity index (χ3n) is 3.60. The number of allylic oxidation sites excluding steroid dienone is 2. The Bertz CT molecular complexity index is 188. The molecule has 2 rings (SSSR count). The average Bonchev–Trinajstić information content (AvgIpc) is 2.39. The minimum absolute atomic E-state index is 0.699. The van der Waals surface area contributed by atoms with E-state index in [9.17, 15) is 0 Å². The highest BCUT2D eigenvalue weighted by molar-refractivity contribution is 5.07. The SMILES string of the molecule is CC.CC.CC1=CCC2(CCNCC2)CC1. The van der Waals surface area contributed by atoms with E-state index in [1.165, 1.54) is 45.2 Å². The van der Waals surface area contributed by atoms with Crippen LogP contribution in [0.25, 0.3) is 0 Å². The Morgan fingerprint density at radius 1 is 1.00 bits per heavy atom. The van der Waals surface area contributed by atoms with E-state index in [4.69, 9.17) is 0 Å². The zero-order chi connectivity index (χ0) is 12.4. The standard InChI is InChI=1S/C11H19N.2C2H6/c1-10-2-4-11(5-3-10)6-8-12-9-7-11;2*1-2/h2,12H,3-9H2,1H3;2*1-2H3. The Morgan fingerprint density at radius 2 is 1.56 bits per heavy atom. The Kier molecular flexibility index (Phi) is 8.64. The molecule has 0 bridgehead atoms. The fourth-order valence-corrected chi connectivity index (χ4v) is 2.47. The highest BCUT2D eigenvalue weighted by atomic mass is 14.9. The summed E-state index contributed by atoms with van der Waals surface area (Å²) in [5.41, 5.74) is 2.31. The molecule has 1 heteroatoms. The lowest BCUT2D eigenvalue weighted by Crippen LogP contribution is -2.37. The largest absolute Gasteiger partial charge is 0.317 e. The van der Waals surface area contributed by atoms with Crippen LogP contribution in [0, 0.1) is 5.41 Å². The van der Waals surface area contributed by atoms with Crippen LogP contribution >= 0.6 is 0 Å². The molecule has 16 heavy (non-hydrogen) atoms. The van der Waals surface area contributed by atoms with Gasteiger partial charge in [-0.3, -0.25) is 0 Å². The summed E-state index contributed by atoms with van der Waals surface area (Å²) < 4.78 is 0. The van der Waals surface area contributed by atoms with Gasteiger partial charge in [0, 0.05) is 0 Å². The molecule has 96 valence electrons. The first kappa shape index (κ1) is 15.7. The van der Waals surface area contributed by atoms with E-state index >= 15 is 0 Å². The van der Waals surface area contributed by atoms with Crippen LogP contribution in [0.2, 0.25) is 0 Å². The third kappa shape index (κ3) is 4.69. The highest BCUT2D eigenvalue weighted by Gasteiger charge is 2.32. The molecule has 1 aliphatic heterocycles. The zero-order valence-electron chi connectivity index (χ0n) is 12.0. The minimum Gasteiger partial charge on any atom is -0.317 e. The maximum atomic E-state index is 3.45. The van der Waals surface area contributed by atoms with Crippen LogP contribution in [0.3, 0.4) is 0 Å². The Morgan fingerprint density at radius 3 is 2.00 bits per heavy atom. The molecule has 0 radical (unpaired) electrons. The van der Waals surface area contributed by atoms with E-state index in [-0.39, 0.29) is 0 Å². The first-order valence-electron chi connectivity index (χ1n) is 7.17. The first-order chi connectivity index (χ1) is 7.81. The van der Waals surface area contributed by atoms with Crippen molar-refractivity contribution >= 4 is 0 Å². The van der Waals surface area contributed by atoms with Gasteiger partial charge in [0.2, 0.25) is 0 Å². The fourth-order valence-electron chi connectivity index (χ4n) is 2.47. The molecule has 0 unspecified atom stereocenters. The van der Waals surface area contributed by atoms with E-state index in [2.05, 4.69) is 18.3 Å². The highest BCUT2D eigenvalue weighted by Crippen LogP contribution is 2.42. The maximum Gasteiger partial charge on any atom is -0.00435 e. The number of piperidine rings is 1.